The molecule has 0 heterocycles. The van der Waals surface area contributed by atoms with E-state index >= 15 is 0 Å². The zero-order chi connectivity index (χ0) is 17.2. The summed E-state index contributed by atoms with van der Waals surface area (Å²) in [5.41, 5.74) is 2.13. The summed E-state index contributed by atoms with van der Waals surface area (Å²) in [4.78, 5) is 0. The molecule has 23 heavy (non-hydrogen) atoms. The van der Waals surface area contributed by atoms with Crippen molar-refractivity contribution in [3.63, 3.8) is 0 Å². The molecule has 2 rings (SSSR count). The molecule has 0 amide bonds. The fourth-order valence-corrected chi connectivity index (χ4v) is 4.02. The summed E-state index contributed by atoms with van der Waals surface area (Å²) in [5, 5.41) is 9.96. The molecule has 6 heteroatoms. The number of halogens is 2. The van der Waals surface area contributed by atoms with E-state index < -0.39 is 33.3 Å². The van der Waals surface area contributed by atoms with Gasteiger partial charge in [0.15, 0.2) is 9.84 Å². The first-order valence-electron chi connectivity index (χ1n) is 7.07. The van der Waals surface area contributed by atoms with Gasteiger partial charge in [-0.05, 0) is 37.6 Å². The summed E-state index contributed by atoms with van der Waals surface area (Å²) in [5.74, 6) is -2.49. The molecule has 0 radical (unpaired) electrons. The highest BCUT2D eigenvalue weighted by Crippen LogP contribution is 2.22. The highest BCUT2D eigenvalue weighted by Gasteiger charge is 2.22. The number of sulfone groups is 1. The quantitative estimate of drug-likeness (QED) is 0.909. The van der Waals surface area contributed by atoms with Gasteiger partial charge in [0.05, 0.1) is 17.6 Å². The van der Waals surface area contributed by atoms with Gasteiger partial charge in [-0.15, -0.1) is 0 Å². The first-order chi connectivity index (χ1) is 10.7. The van der Waals surface area contributed by atoms with E-state index in [2.05, 4.69) is 0 Å². The van der Waals surface area contributed by atoms with Crippen molar-refractivity contribution in [3.8, 4) is 0 Å². The predicted octanol–water partition coefficient (Wildman–Crippen LogP) is 3.23. The lowest BCUT2D eigenvalue weighted by molar-refractivity contribution is 0.196. The van der Waals surface area contributed by atoms with E-state index in [4.69, 9.17) is 0 Å². The van der Waals surface area contributed by atoms with Gasteiger partial charge in [0, 0.05) is 5.56 Å². The van der Waals surface area contributed by atoms with E-state index in [1.807, 2.05) is 19.9 Å². The predicted molar refractivity (Wildman–Crippen MR) is 84.7 cm³/mol. The van der Waals surface area contributed by atoms with Gasteiger partial charge in [0.25, 0.3) is 0 Å². The van der Waals surface area contributed by atoms with Crippen LogP contribution in [-0.2, 0) is 15.6 Å². The topological polar surface area (TPSA) is 54.4 Å². The van der Waals surface area contributed by atoms with Crippen molar-refractivity contribution in [1.82, 2.24) is 0 Å². The van der Waals surface area contributed by atoms with Gasteiger partial charge in [-0.25, -0.2) is 17.2 Å². The maximum atomic E-state index is 13.6. The van der Waals surface area contributed by atoms with Crippen LogP contribution in [0.5, 0.6) is 0 Å². The second-order valence-electron chi connectivity index (χ2n) is 5.73. The van der Waals surface area contributed by atoms with E-state index in [0.717, 1.165) is 29.3 Å². The molecule has 1 N–H and O–H groups in total. The Morgan fingerprint density at radius 1 is 1.04 bits per heavy atom. The van der Waals surface area contributed by atoms with Crippen LogP contribution in [0.25, 0.3) is 0 Å². The Kier molecular flexibility index (Phi) is 5.16. The van der Waals surface area contributed by atoms with Gasteiger partial charge in [-0.2, -0.15) is 0 Å². The van der Waals surface area contributed by atoms with Gasteiger partial charge in [-0.1, -0.05) is 29.3 Å². The molecule has 0 saturated heterocycles. The molecule has 2 aromatic carbocycles. The lowest BCUT2D eigenvalue weighted by Crippen LogP contribution is -2.17. The van der Waals surface area contributed by atoms with E-state index in [9.17, 15) is 22.3 Å². The molecule has 0 saturated carbocycles. The number of aryl methyl sites for hydroxylation is 2. The summed E-state index contributed by atoms with van der Waals surface area (Å²) < 4.78 is 51.2. The zero-order valence-electron chi connectivity index (χ0n) is 12.9. The molecule has 0 spiro atoms. The van der Waals surface area contributed by atoms with Gasteiger partial charge < -0.3 is 5.11 Å². The lowest BCUT2D eigenvalue weighted by atomic mass is 10.1. The summed E-state index contributed by atoms with van der Waals surface area (Å²) in [6, 6.07) is 8.01. The van der Waals surface area contributed by atoms with E-state index in [1.165, 1.54) is 0 Å². The Hall–Kier alpha value is -1.79. The number of hydrogen-bond donors (Lipinski definition) is 1. The number of rotatable bonds is 5. The standard InChI is InChI=1S/C17H18F2O3S/c1-11-5-12(2)7-13(6-11)9-23(21,22)10-17(20)15-8-14(18)3-4-16(15)19/h3-8,17,20H,9-10H2,1-2H3. The van der Waals surface area contributed by atoms with Gasteiger partial charge in [-0.3, -0.25) is 0 Å². The van der Waals surface area contributed by atoms with Crippen LogP contribution in [0.1, 0.15) is 28.4 Å². The molecule has 0 fully saturated rings. The third-order valence-corrected chi connectivity index (χ3v) is 4.99. The average molecular weight is 340 g/mol. The Bertz CT molecular complexity index is 796. The van der Waals surface area contributed by atoms with Crippen LogP contribution >= 0.6 is 0 Å². The van der Waals surface area contributed by atoms with Crippen LogP contribution in [0, 0.1) is 25.5 Å². The van der Waals surface area contributed by atoms with Crippen LogP contribution in [0.2, 0.25) is 0 Å². The molecule has 0 aromatic heterocycles. The van der Waals surface area contributed by atoms with Gasteiger partial charge >= 0.3 is 0 Å². The van der Waals surface area contributed by atoms with Crippen molar-refractivity contribution in [2.24, 2.45) is 0 Å². The van der Waals surface area contributed by atoms with Crippen LogP contribution in [-0.4, -0.2) is 19.3 Å². The number of hydrogen-bond acceptors (Lipinski definition) is 3. The minimum absolute atomic E-state index is 0.260. The minimum Gasteiger partial charge on any atom is -0.387 e. The lowest BCUT2D eigenvalue weighted by Gasteiger charge is -2.13. The smallest absolute Gasteiger partial charge is 0.157 e. The maximum absolute atomic E-state index is 13.6. The van der Waals surface area contributed by atoms with Gasteiger partial charge in [0.1, 0.15) is 11.6 Å². The maximum Gasteiger partial charge on any atom is 0.157 e. The summed E-state index contributed by atoms with van der Waals surface area (Å²) in [6.45, 7) is 3.72. The molecule has 124 valence electrons. The summed E-state index contributed by atoms with van der Waals surface area (Å²) >= 11 is 0. The molecule has 0 aliphatic rings. The van der Waals surface area contributed by atoms with Crippen molar-refractivity contribution in [3.05, 3.63) is 70.3 Å². The Balaban J connectivity index is 2.18. The molecular weight excluding hydrogens is 322 g/mol. The highest BCUT2D eigenvalue weighted by atomic mass is 32.2. The van der Waals surface area contributed by atoms with Crippen LogP contribution in [0.4, 0.5) is 8.78 Å². The van der Waals surface area contributed by atoms with Crippen molar-refractivity contribution >= 4 is 9.84 Å². The highest BCUT2D eigenvalue weighted by molar-refractivity contribution is 7.90. The van der Waals surface area contributed by atoms with E-state index in [-0.39, 0.29) is 11.3 Å². The van der Waals surface area contributed by atoms with Crippen molar-refractivity contribution in [1.29, 1.82) is 0 Å². The fourth-order valence-electron chi connectivity index (χ4n) is 2.57. The number of aliphatic hydroxyl groups excluding tert-OH is 1. The molecular formula is C17H18F2O3S. The van der Waals surface area contributed by atoms with Crippen LogP contribution in [0.15, 0.2) is 36.4 Å². The SMILES string of the molecule is Cc1cc(C)cc(CS(=O)(=O)CC(O)c2cc(F)ccc2F)c1. The summed E-state index contributed by atoms with van der Waals surface area (Å²) in [7, 11) is -3.68. The monoisotopic (exact) mass is 340 g/mol. The molecule has 1 unspecified atom stereocenters. The fraction of sp³-hybridized carbons (Fsp3) is 0.294. The molecule has 3 nitrogen and oxygen atoms in total. The van der Waals surface area contributed by atoms with Crippen LogP contribution < -0.4 is 0 Å². The van der Waals surface area contributed by atoms with Crippen molar-refractivity contribution in [2.75, 3.05) is 5.75 Å². The zero-order valence-corrected chi connectivity index (χ0v) is 13.7. The Morgan fingerprint density at radius 3 is 2.26 bits per heavy atom. The molecule has 2 aromatic rings. The third kappa shape index (κ3) is 4.84. The Morgan fingerprint density at radius 2 is 1.65 bits per heavy atom. The second kappa shape index (κ2) is 6.76. The first kappa shape index (κ1) is 17.6. The van der Waals surface area contributed by atoms with Crippen molar-refractivity contribution < 1.29 is 22.3 Å². The van der Waals surface area contributed by atoms with E-state index in [0.29, 0.717) is 5.56 Å². The van der Waals surface area contributed by atoms with Crippen LogP contribution in [0.3, 0.4) is 0 Å². The van der Waals surface area contributed by atoms with Crippen molar-refractivity contribution in [2.45, 2.75) is 25.7 Å². The minimum atomic E-state index is -3.68. The molecule has 1 atom stereocenters. The third-order valence-electron chi connectivity index (χ3n) is 3.40. The molecule has 0 aliphatic carbocycles. The normalized spacial score (nSPS) is 13.1. The van der Waals surface area contributed by atoms with E-state index in [1.54, 1.807) is 12.1 Å². The number of aliphatic hydroxyl groups is 1. The Labute approximate surface area is 134 Å². The summed E-state index contributed by atoms with van der Waals surface area (Å²) in [6.07, 6.45) is -1.61. The largest absolute Gasteiger partial charge is 0.387 e. The molecule has 0 bridgehead atoms. The first-order valence-corrected chi connectivity index (χ1v) is 8.89. The van der Waals surface area contributed by atoms with Gasteiger partial charge in [0.2, 0.25) is 0 Å². The average Bonchev–Trinajstić information content (AvgIpc) is 2.38. The second-order valence-corrected chi connectivity index (χ2v) is 7.84. The number of benzene rings is 2. The molecule has 0 aliphatic heterocycles.